The van der Waals surface area contributed by atoms with E-state index in [1.165, 1.54) is 11.8 Å². The Kier molecular flexibility index (Phi) is 5.42. The van der Waals surface area contributed by atoms with Crippen molar-refractivity contribution in [3.05, 3.63) is 65.6 Å². The first-order valence-electron chi connectivity index (χ1n) is 8.33. The summed E-state index contributed by atoms with van der Waals surface area (Å²) in [6.07, 6.45) is 3.42. The smallest absolute Gasteiger partial charge is 0.192 e. The van der Waals surface area contributed by atoms with Gasteiger partial charge in [-0.15, -0.1) is 16.8 Å². The Morgan fingerprint density at radius 1 is 1.27 bits per heavy atom. The molecule has 2 heterocycles. The Morgan fingerprint density at radius 3 is 2.73 bits per heavy atom. The fourth-order valence-corrected chi connectivity index (χ4v) is 3.67. The van der Waals surface area contributed by atoms with E-state index in [1.54, 1.807) is 12.3 Å². The number of rotatable bonds is 7. The van der Waals surface area contributed by atoms with Gasteiger partial charge in [0.25, 0.3) is 0 Å². The first kappa shape index (κ1) is 18.2. The molecular formula is C20H21N3O2S. The summed E-state index contributed by atoms with van der Waals surface area (Å²) >= 11 is 1.39. The van der Waals surface area contributed by atoms with Gasteiger partial charge in [-0.2, -0.15) is 0 Å². The van der Waals surface area contributed by atoms with Gasteiger partial charge in [0.1, 0.15) is 5.76 Å². The second-order valence-corrected chi connectivity index (χ2v) is 7.07. The lowest BCUT2D eigenvalue weighted by Gasteiger charge is -2.08. The second kappa shape index (κ2) is 7.74. The van der Waals surface area contributed by atoms with Crippen LogP contribution >= 0.6 is 11.8 Å². The van der Waals surface area contributed by atoms with Gasteiger partial charge in [0.15, 0.2) is 16.8 Å². The minimum Gasteiger partial charge on any atom is -0.469 e. The van der Waals surface area contributed by atoms with Gasteiger partial charge in [-0.05, 0) is 32.4 Å². The lowest BCUT2D eigenvalue weighted by Crippen LogP contribution is -2.07. The van der Waals surface area contributed by atoms with Gasteiger partial charge in [0.2, 0.25) is 0 Å². The Balaban J connectivity index is 1.82. The molecule has 0 unspecified atom stereocenters. The van der Waals surface area contributed by atoms with Crippen LogP contribution in [0.5, 0.6) is 0 Å². The van der Waals surface area contributed by atoms with Crippen LogP contribution in [0.2, 0.25) is 0 Å². The number of hydrogen-bond acceptors (Lipinski definition) is 5. The molecule has 26 heavy (non-hydrogen) atoms. The molecule has 0 saturated carbocycles. The summed E-state index contributed by atoms with van der Waals surface area (Å²) in [4.78, 5) is 12.6. The minimum atomic E-state index is 0.0849. The molecule has 0 aliphatic rings. The maximum Gasteiger partial charge on any atom is 0.192 e. The highest BCUT2D eigenvalue weighted by Crippen LogP contribution is 2.27. The van der Waals surface area contributed by atoms with Crippen molar-refractivity contribution in [3.63, 3.8) is 0 Å². The summed E-state index contributed by atoms with van der Waals surface area (Å²) in [6.45, 7) is 10.2. The van der Waals surface area contributed by atoms with Crippen LogP contribution in [0.4, 0.5) is 0 Å². The standard InChI is InChI=1S/C20H21N3O2S/c1-5-9-23-19(17-8-10-25-15(17)4)21-22-20(23)26-12-18(24)16-7-6-13(2)11-14(16)3/h5-8,10-11H,1,9,12H2,2-4H3. The predicted molar refractivity (Wildman–Crippen MR) is 104 cm³/mol. The monoisotopic (exact) mass is 367 g/mol. The lowest BCUT2D eigenvalue weighted by atomic mass is 10.0. The van der Waals surface area contributed by atoms with Crippen molar-refractivity contribution in [3.8, 4) is 11.4 Å². The van der Waals surface area contributed by atoms with Crippen LogP contribution in [0.25, 0.3) is 11.4 Å². The highest BCUT2D eigenvalue weighted by Gasteiger charge is 2.18. The number of carbonyl (C=O) groups excluding carboxylic acids is 1. The number of thioether (sulfide) groups is 1. The average Bonchev–Trinajstić information content (AvgIpc) is 3.19. The lowest BCUT2D eigenvalue weighted by molar-refractivity contribution is 0.102. The molecule has 2 aromatic heterocycles. The summed E-state index contributed by atoms with van der Waals surface area (Å²) < 4.78 is 7.32. The van der Waals surface area contributed by atoms with E-state index in [9.17, 15) is 4.79 Å². The summed E-state index contributed by atoms with van der Waals surface area (Å²) in [7, 11) is 0. The molecular weight excluding hydrogens is 346 g/mol. The first-order chi connectivity index (χ1) is 12.5. The number of hydrogen-bond donors (Lipinski definition) is 0. The van der Waals surface area contributed by atoms with Crippen LogP contribution in [0.15, 0.2) is 52.8 Å². The number of ketones is 1. The molecule has 0 N–H and O–H groups in total. The maximum absolute atomic E-state index is 12.6. The van der Waals surface area contributed by atoms with Crippen molar-refractivity contribution >= 4 is 17.5 Å². The molecule has 0 radical (unpaired) electrons. The number of benzene rings is 1. The Bertz CT molecular complexity index is 956. The van der Waals surface area contributed by atoms with Crippen molar-refractivity contribution in [2.24, 2.45) is 0 Å². The van der Waals surface area contributed by atoms with Gasteiger partial charge in [-0.25, -0.2) is 0 Å². The highest BCUT2D eigenvalue weighted by molar-refractivity contribution is 7.99. The maximum atomic E-state index is 12.6. The number of aryl methyl sites for hydroxylation is 3. The molecule has 0 spiro atoms. The zero-order valence-electron chi connectivity index (χ0n) is 15.2. The Labute approximate surface area is 157 Å². The first-order valence-corrected chi connectivity index (χ1v) is 9.31. The highest BCUT2D eigenvalue weighted by atomic mass is 32.2. The molecule has 0 fully saturated rings. The molecule has 0 saturated heterocycles. The number of Topliss-reactive ketones (excluding diaryl/α,β-unsaturated/α-hetero) is 1. The van der Waals surface area contributed by atoms with Crippen molar-refractivity contribution in [1.29, 1.82) is 0 Å². The summed E-state index contributed by atoms with van der Waals surface area (Å²) in [5, 5.41) is 9.25. The predicted octanol–water partition coefficient (Wildman–Crippen LogP) is 4.62. The molecule has 0 amide bonds. The van der Waals surface area contributed by atoms with E-state index < -0.39 is 0 Å². The van der Waals surface area contributed by atoms with Crippen LogP contribution in [0.1, 0.15) is 27.2 Å². The second-order valence-electron chi connectivity index (χ2n) is 6.13. The molecule has 3 rings (SSSR count). The van der Waals surface area contributed by atoms with E-state index in [0.717, 1.165) is 33.8 Å². The normalized spacial score (nSPS) is 10.9. The van der Waals surface area contributed by atoms with E-state index in [4.69, 9.17) is 4.42 Å². The van der Waals surface area contributed by atoms with E-state index in [1.807, 2.05) is 49.6 Å². The molecule has 0 aliphatic heterocycles. The molecule has 5 nitrogen and oxygen atoms in total. The topological polar surface area (TPSA) is 60.9 Å². The number of nitrogens with zero attached hydrogens (tertiary/aromatic N) is 3. The van der Waals surface area contributed by atoms with Crippen LogP contribution in [0, 0.1) is 20.8 Å². The van der Waals surface area contributed by atoms with E-state index in [0.29, 0.717) is 17.5 Å². The molecule has 3 aromatic rings. The third kappa shape index (κ3) is 3.65. The zero-order valence-corrected chi connectivity index (χ0v) is 16.0. The fraction of sp³-hybridized carbons (Fsp3) is 0.250. The van der Waals surface area contributed by atoms with Gasteiger partial charge >= 0.3 is 0 Å². The Morgan fingerprint density at radius 2 is 2.08 bits per heavy atom. The molecule has 134 valence electrons. The summed E-state index contributed by atoms with van der Waals surface area (Å²) in [6, 6.07) is 7.75. The van der Waals surface area contributed by atoms with E-state index in [2.05, 4.69) is 16.8 Å². The molecule has 6 heteroatoms. The van der Waals surface area contributed by atoms with Gasteiger partial charge in [-0.3, -0.25) is 9.36 Å². The van der Waals surface area contributed by atoms with E-state index in [-0.39, 0.29) is 5.78 Å². The summed E-state index contributed by atoms with van der Waals surface area (Å²) in [5.74, 6) is 1.90. The number of allylic oxidation sites excluding steroid dienone is 1. The molecule has 0 atom stereocenters. The van der Waals surface area contributed by atoms with Crippen molar-refractivity contribution in [1.82, 2.24) is 14.8 Å². The van der Waals surface area contributed by atoms with Crippen LogP contribution in [-0.2, 0) is 6.54 Å². The molecule has 1 aromatic carbocycles. The zero-order chi connectivity index (χ0) is 18.7. The largest absolute Gasteiger partial charge is 0.469 e. The van der Waals surface area contributed by atoms with Crippen LogP contribution in [0.3, 0.4) is 0 Å². The van der Waals surface area contributed by atoms with Gasteiger partial charge < -0.3 is 4.42 Å². The third-order valence-electron chi connectivity index (χ3n) is 4.14. The van der Waals surface area contributed by atoms with E-state index >= 15 is 0 Å². The van der Waals surface area contributed by atoms with Gasteiger partial charge in [0.05, 0.1) is 17.6 Å². The SMILES string of the molecule is C=CCn1c(SCC(=O)c2ccc(C)cc2C)nnc1-c1ccoc1C. The van der Waals surface area contributed by atoms with Crippen LogP contribution in [-0.4, -0.2) is 26.3 Å². The van der Waals surface area contributed by atoms with Crippen molar-refractivity contribution in [2.45, 2.75) is 32.5 Å². The average molecular weight is 367 g/mol. The van der Waals surface area contributed by atoms with Crippen LogP contribution < -0.4 is 0 Å². The number of carbonyl (C=O) groups is 1. The quantitative estimate of drug-likeness (QED) is 0.346. The van der Waals surface area contributed by atoms with Crippen molar-refractivity contribution in [2.75, 3.05) is 5.75 Å². The number of aromatic nitrogens is 3. The molecule has 0 bridgehead atoms. The minimum absolute atomic E-state index is 0.0849. The fourth-order valence-electron chi connectivity index (χ4n) is 2.84. The molecule has 0 aliphatic carbocycles. The van der Waals surface area contributed by atoms with Crippen molar-refractivity contribution < 1.29 is 9.21 Å². The van der Waals surface area contributed by atoms with Gasteiger partial charge in [0, 0.05) is 12.1 Å². The Hall–Kier alpha value is -2.60. The number of furan rings is 1. The third-order valence-corrected chi connectivity index (χ3v) is 5.11. The summed E-state index contributed by atoms with van der Waals surface area (Å²) in [5.41, 5.74) is 3.80. The van der Waals surface area contributed by atoms with Gasteiger partial charge in [-0.1, -0.05) is 41.6 Å².